The van der Waals surface area contributed by atoms with Crippen molar-refractivity contribution in [3.8, 4) is 6.07 Å². The second-order valence-corrected chi connectivity index (χ2v) is 4.20. The Hall–Kier alpha value is -0.590. The molecule has 3 unspecified atom stereocenters. The number of rotatable bonds is 4. The predicted octanol–water partition coefficient (Wildman–Crippen LogP) is 1.69. The average molecular weight is 196 g/mol. The Balaban J connectivity index is 2.20. The van der Waals surface area contributed by atoms with Crippen LogP contribution in [0.5, 0.6) is 0 Å². The van der Waals surface area contributed by atoms with Crippen LogP contribution in [0.2, 0.25) is 0 Å². The first-order valence-electron chi connectivity index (χ1n) is 5.44. The first-order valence-corrected chi connectivity index (χ1v) is 5.44. The van der Waals surface area contributed by atoms with E-state index in [0.717, 1.165) is 18.8 Å². The Bertz CT molecular complexity index is 200. The first-order chi connectivity index (χ1) is 6.76. The number of hydrogen-bond acceptors (Lipinski definition) is 3. The van der Waals surface area contributed by atoms with E-state index in [9.17, 15) is 0 Å². The van der Waals surface area contributed by atoms with Gasteiger partial charge in [-0.3, -0.25) is 0 Å². The van der Waals surface area contributed by atoms with Crippen LogP contribution in [0.1, 0.15) is 32.6 Å². The number of hydrogen-bond donors (Lipinski definition) is 1. The summed E-state index contributed by atoms with van der Waals surface area (Å²) in [5.41, 5.74) is 0. The van der Waals surface area contributed by atoms with Gasteiger partial charge in [0.25, 0.3) is 0 Å². The molecule has 3 heteroatoms. The molecule has 1 aliphatic rings. The zero-order valence-electron chi connectivity index (χ0n) is 9.12. The van der Waals surface area contributed by atoms with Gasteiger partial charge in [-0.25, -0.2) is 0 Å². The lowest BCUT2D eigenvalue weighted by atomic mass is 9.89. The van der Waals surface area contributed by atoms with Gasteiger partial charge < -0.3 is 10.1 Å². The van der Waals surface area contributed by atoms with Crippen LogP contribution in [0.4, 0.5) is 0 Å². The molecule has 14 heavy (non-hydrogen) atoms. The van der Waals surface area contributed by atoms with Gasteiger partial charge >= 0.3 is 0 Å². The fourth-order valence-corrected chi connectivity index (χ4v) is 1.95. The summed E-state index contributed by atoms with van der Waals surface area (Å²) in [4.78, 5) is 0. The minimum atomic E-state index is -0.160. The van der Waals surface area contributed by atoms with Gasteiger partial charge in [-0.1, -0.05) is 19.8 Å². The van der Waals surface area contributed by atoms with Crippen molar-refractivity contribution in [1.29, 1.82) is 5.26 Å². The molecular formula is C11H20N2O. The molecule has 1 fully saturated rings. The van der Waals surface area contributed by atoms with E-state index >= 15 is 0 Å². The predicted molar refractivity (Wildman–Crippen MR) is 55.8 cm³/mol. The van der Waals surface area contributed by atoms with E-state index in [1.807, 2.05) is 0 Å². The van der Waals surface area contributed by atoms with Gasteiger partial charge in [0.1, 0.15) is 6.04 Å². The molecule has 0 radical (unpaired) electrons. The molecule has 1 aliphatic carbocycles. The number of nitriles is 1. The van der Waals surface area contributed by atoms with Crippen molar-refractivity contribution >= 4 is 0 Å². The van der Waals surface area contributed by atoms with Crippen molar-refractivity contribution in [1.82, 2.24) is 5.32 Å². The third-order valence-corrected chi connectivity index (χ3v) is 2.89. The molecule has 1 N–H and O–H groups in total. The molecule has 0 aromatic rings. The maximum Gasteiger partial charge on any atom is 0.119 e. The van der Waals surface area contributed by atoms with Crippen LogP contribution in [0.15, 0.2) is 0 Å². The molecule has 0 saturated heterocycles. The highest BCUT2D eigenvalue weighted by atomic mass is 16.5. The normalized spacial score (nSPS) is 29.5. The zero-order chi connectivity index (χ0) is 10.4. The maximum atomic E-state index is 8.71. The van der Waals surface area contributed by atoms with Gasteiger partial charge in [0.15, 0.2) is 0 Å². The van der Waals surface area contributed by atoms with E-state index in [1.54, 1.807) is 7.05 Å². The first kappa shape index (κ1) is 11.5. The topological polar surface area (TPSA) is 45.0 Å². The highest BCUT2D eigenvalue weighted by Crippen LogP contribution is 2.25. The molecule has 0 aromatic carbocycles. The fourth-order valence-electron chi connectivity index (χ4n) is 1.95. The molecule has 1 saturated carbocycles. The fraction of sp³-hybridized carbons (Fsp3) is 0.909. The summed E-state index contributed by atoms with van der Waals surface area (Å²) in [7, 11) is 1.79. The monoisotopic (exact) mass is 196 g/mol. The van der Waals surface area contributed by atoms with Crippen molar-refractivity contribution < 1.29 is 4.74 Å². The summed E-state index contributed by atoms with van der Waals surface area (Å²) in [5.74, 6) is 0.781. The van der Waals surface area contributed by atoms with E-state index in [2.05, 4.69) is 18.3 Å². The second-order valence-electron chi connectivity index (χ2n) is 4.20. The van der Waals surface area contributed by atoms with Crippen molar-refractivity contribution in [2.75, 3.05) is 13.7 Å². The van der Waals surface area contributed by atoms with Crippen LogP contribution in [-0.2, 0) is 4.74 Å². The molecule has 3 atom stereocenters. The van der Waals surface area contributed by atoms with Gasteiger partial charge in [0.05, 0.1) is 18.8 Å². The summed E-state index contributed by atoms with van der Waals surface area (Å²) >= 11 is 0. The molecule has 0 amide bonds. The maximum absolute atomic E-state index is 8.71. The Morgan fingerprint density at radius 1 is 1.57 bits per heavy atom. The van der Waals surface area contributed by atoms with E-state index in [1.165, 1.54) is 12.8 Å². The quantitative estimate of drug-likeness (QED) is 0.744. The molecule has 0 bridgehead atoms. The summed E-state index contributed by atoms with van der Waals surface area (Å²) in [6.45, 7) is 2.79. The molecule has 1 rings (SSSR count). The lowest BCUT2D eigenvalue weighted by molar-refractivity contribution is 0.0112. The van der Waals surface area contributed by atoms with Crippen LogP contribution in [-0.4, -0.2) is 25.8 Å². The summed E-state index contributed by atoms with van der Waals surface area (Å²) in [6, 6.07) is 2.01. The molecule has 0 aliphatic heterocycles. The SMILES string of the molecule is CNC(C#N)COC1CCCC(C)C1. The number of nitrogens with zero attached hydrogens (tertiary/aromatic N) is 1. The van der Waals surface area contributed by atoms with Gasteiger partial charge in [0.2, 0.25) is 0 Å². The Morgan fingerprint density at radius 3 is 2.93 bits per heavy atom. The Kier molecular flexibility index (Phi) is 4.92. The van der Waals surface area contributed by atoms with Crippen LogP contribution >= 0.6 is 0 Å². The van der Waals surface area contributed by atoms with Crippen molar-refractivity contribution in [2.24, 2.45) is 5.92 Å². The largest absolute Gasteiger partial charge is 0.375 e. The number of likely N-dealkylation sites (N-methyl/N-ethyl adjacent to an activating group) is 1. The average Bonchev–Trinajstić information content (AvgIpc) is 2.19. The van der Waals surface area contributed by atoms with Gasteiger partial charge in [0, 0.05) is 0 Å². The van der Waals surface area contributed by atoms with Gasteiger partial charge in [-0.2, -0.15) is 5.26 Å². The highest BCUT2D eigenvalue weighted by molar-refractivity contribution is 4.88. The zero-order valence-corrected chi connectivity index (χ0v) is 9.12. The molecule has 3 nitrogen and oxygen atoms in total. The van der Waals surface area contributed by atoms with Crippen LogP contribution < -0.4 is 5.32 Å². The smallest absolute Gasteiger partial charge is 0.119 e. The van der Waals surface area contributed by atoms with Crippen molar-refractivity contribution in [2.45, 2.75) is 44.8 Å². The third-order valence-electron chi connectivity index (χ3n) is 2.89. The van der Waals surface area contributed by atoms with E-state index < -0.39 is 0 Å². The van der Waals surface area contributed by atoms with Crippen molar-refractivity contribution in [3.63, 3.8) is 0 Å². The summed E-state index contributed by atoms with van der Waals surface area (Å²) < 4.78 is 5.71. The lowest BCUT2D eigenvalue weighted by Crippen LogP contribution is -2.32. The Morgan fingerprint density at radius 2 is 2.36 bits per heavy atom. The standard InChI is InChI=1S/C11H20N2O/c1-9-4-3-5-11(6-9)14-8-10(7-12)13-2/h9-11,13H,3-6,8H2,1-2H3. The Labute approximate surface area is 86.4 Å². The molecule has 80 valence electrons. The summed E-state index contributed by atoms with van der Waals surface area (Å²) in [5, 5.41) is 11.6. The van der Waals surface area contributed by atoms with Crippen LogP contribution in [0.3, 0.4) is 0 Å². The van der Waals surface area contributed by atoms with Gasteiger partial charge in [-0.15, -0.1) is 0 Å². The third kappa shape index (κ3) is 3.65. The van der Waals surface area contributed by atoms with Gasteiger partial charge in [-0.05, 0) is 25.8 Å². The van der Waals surface area contributed by atoms with E-state index in [4.69, 9.17) is 10.00 Å². The summed E-state index contributed by atoms with van der Waals surface area (Å²) in [6.07, 6.45) is 5.28. The minimum Gasteiger partial charge on any atom is -0.375 e. The molecule has 0 heterocycles. The van der Waals surface area contributed by atoms with E-state index in [0.29, 0.717) is 12.7 Å². The minimum absolute atomic E-state index is 0.160. The number of ether oxygens (including phenoxy) is 1. The van der Waals surface area contributed by atoms with Crippen LogP contribution in [0.25, 0.3) is 0 Å². The second kappa shape index (κ2) is 6.00. The van der Waals surface area contributed by atoms with Crippen molar-refractivity contribution in [3.05, 3.63) is 0 Å². The highest BCUT2D eigenvalue weighted by Gasteiger charge is 2.20. The lowest BCUT2D eigenvalue weighted by Gasteiger charge is -2.27. The number of nitrogens with one attached hydrogen (secondary N) is 1. The van der Waals surface area contributed by atoms with E-state index in [-0.39, 0.29) is 6.04 Å². The molecule has 0 spiro atoms. The molecular weight excluding hydrogens is 176 g/mol. The van der Waals surface area contributed by atoms with Crippen LogP contribution in [0, 0.1) is 17.2 Å². The molecule has 0 aromatic heterocycles.